The number of phosphoric acid groups is 3. The molecule has 1 aliphatic carbocycles. The summed E-state index contributed by atoms with van der Waals surface area (Å²) in [6.07, 6.45) is -14.3. The van der Waals surface area contributed by atoms with Gasteiger partial charge in [-0.05, 0) is 0 Å². The molecular formula is C6H15O15P3. The minimum atomic E-state index is -5.43. The molecule has 6 atom stereocenters. The van der Waals surface area contributed by atoms with Crippen molar-refractivity contribution in [2.45, 2.75) is 36.6 Å². The van der Waals surface area contributed by atoms with Gasteiger partial charge in [0.05, 0.1) is 0 Å². The summed E-state index contributed by atoms with van der Waals surface area (Å²) in [4.78, 5) is 52.4. The van der Waals surface area contributed by atoms with E-state index in [0.717, 1.165) is 0 Å². The minimum Gasteiger partial charge on any atom is -0.387 e. The first-order chi connectivity index (χ1) is 10.5. The highest BCUT2D eigenvalue weighted by Crippen LogP contribution is 2.49. The third-order valence-electron chi connectivity index (χ3n) is 2.80. The van der Waals surface area contributed by atoms with Crippen LogP contribution in [0, 0.1) is 0 Å². The average molecular weight is 420 g/mol. The fraction of sp³-hybridized carbons (Fsp3) is 1.00. The minimum absolute atomic E-state index is 2.32. The lowest BCUT2D eigenvalue weighted by Gasteiger charge is -2.44. The van der Waals surface area contributed by atoms with Gasteiger partial charge in [-0.1, -0.05) is 0 Å². The Kier molecular flexibility index (Phi) is 6.90. The van der Waals surface area contributed by atoms with Crippen molar-refractivity contribution >= 4 is 23.5 Å². The molecular weight excluding hydrogens is 405 g/mol. The third-order valence-corrected chi connectivity index (χ3v) is 4.35. The first-order valence-corrected chi connectivity index (χ1v) is 10.4. The standard InChI is InChI=1S/C6H15O15P3/c7-1-2(8)5(20-23(13,14)15)6(21-24(16,17)18)3(9)4(1)19-22(10,11)12/h1-9H,(H2,10,11,12)(H2,13,14,15)(H2,16,17,18)/t1-,2-,3+,4+,5+,6+/m0/s1. The fourth-order valence-corrected chi connectivity index (χ4v) is 3.70. The molecule has 0 heterocycles. The predicted octanol–water partition coefficient (Wildman–Crippen LogP) is -3.48. The van der Waals surface area contributed by atoms with Crippen LogP contribution in [0.25, 0.3) is 0 Å². The Bertz CT molecular complexity index is 574. The van der Waals surface area contributed by atoms with Crippen molar-refractivity contribution < 1.29 is 71.9 Å². The van der Waals surface area contributed by atoms with Gasteiger partial charge in [-0.15, -0.1) is 0 Å². The Morgan fingerprint density at radius 2 is 0.750 bits per heavy atom. The fourth-order valence-electron chi connectivity index (χ4n) is 2.01. The van der Waals surface area contributed by atoms with E-state index in [1.807, 2.05) is 0 Å². The molecule has 0 amide bonds. The molecule has 0 aliphatic heterocycles. The van der Waals surface area contributed by atoms with Crippen molar-refractivity contribution in [3.8, 4) is 0 Å². The molecule has 0 aromatic carbocycles. The molecule has 0 unspecified atom stereocenters. The van der Waals surface area contributed by atoms with E-state index in [4.69, 9.17) is 29.4 Å². The molecule has 1 saturated carbocycles. The van der Waals surface area contributed by atoms with Gasteiger partial charge in [-0.25, -0.2) is 13.7 Å². The van der Waals surface area contributed by atoms with Gasteiger partial charge in [0, 0.05) is 0 Å². The smallest absolute Gasteiger partial charge is 0.387 e. The van der Waals surface area contributed by atoms with E-state index in [1.54, 1.807) is 0 Å². The molecule has 144 valence electrons. The van der Waals surface area contributed by atoms with E-state index in [2.05, 4.69) is 13.6 Å². The van der Waals surface area contributed by atoms with Crippen molar-refractivity contribution in [3.63, 3.8) is 0 Å². The summed E-state index contributed by atoms with van der Waals surface area (Å²) < 4.78 is 44.7. The van der Waals surface area contributed by atoms with E-state index in [1.165, 1.54) is 0 Å². The van der Waals surface area contributed by atoms with Gasteiger partial charge >= 0.3 is 23.5 Å². The molecule has 1 fully saturated rings. The van der Waals surface area contributed by atoms with Crippen molar-refractivity contribution in [1.82, 2.24) is 0 Å². The summed E-state index contributed by atoms with van der Waals surface area (Å²) in [5.74, 6) is 0. The highest BCUT2D eigenvalue weighted by Gasteiger charge is 2.56. The molecule has 1 aliphatic rings. The van der Waals surface area contributed by atoms with Crippen LogP contribution < -0.4 is 0 Å². The van der Waals surface area contributed by atoms with Crippen LogP contribution >= 0.6 is 23.5 Å². The van der Waals surface area contributed by atoms with Gasteiger partial charge in [0.25, 0.3) is 0 Å². The van der Waals surface area contributed by atoms with Crippen LogP contribution in [0.4, 0.5) is 0 Å². The first kappa shape index (κ1) is 22.3. The molecule has 0 saturated heterocycles. The normalized spacial score (nSPS) is 35.9. The highest BCUT2D eigenvalue weighted by atomic mass is 31.2. The number of rotatable bonds is 6. The first-order valence-electron chi connectivity index (χ1n) is 5.78. The molecule has 0 radical (unpaired) electrons. The Hall–Kier alpha value is 0.210. The van der Waals surface area contributed by atoms with Crippen LogP contribution in [0.2, 0.25) is 0 Å². The Morgan fingerprint density at radius 1 is 0.500 bits per heavy atom. The Balaban J connectivity index is 3.23. The summed E-state index contributed by atoms with van der Waals surface area (Å²) in [6.45, 7) is 0. The highest BCUT2D eigenvalue weighted by molar-refractivity contribution is 7.46. The zero-order chi connectivity index (χ0) is 19.1. The summed E-state index contributed by atoms with van der Waals surface area (Å²) in [5, 5.41) is 29.3. The molecule has 0 aromatic rings. The molecule has 0 bridgehead atoms. The van der Waals surface area contributed by atoms with Gasteiger partial charge in [0.2, 0.25) is 0 Å². The SMILES string of the molecule is O=P(O)(O)O[C@H]1[C@@H](O)[C@@H](OP(=O)(O)O)[C@H](OP(=O)(O)O)[C@@H](O)[C@@H]1O. The Morgan fingerprint density at radius 3 is 1.08 bits per heavy atom. The summed E-state index contributed by atoms with van der Waals surface area (Å²) >= 11 is 0. The lowest BCUT2D eigenvalue weighted by atomic mass is 9.85. The van der Waals surface area contributed by atoms with Crippen LogP contribution in [0.15, 0.2) is 0 Å². The van der Waals surface area contributed by atoms with E-state index < -0.39 is 60.1 Å². The molecule has 18 heteroatoms. The maximum absolute atomic E-state index is 10.9. The quantitative estimate of drug-likeness (QED) is 0.189. The summed E-state index contributed by atoms with van der Waals surface area (Å²) in [6, 6.07) is 0. The van der Waals surface area contributed by atoms with Crippen molar-refractivity contribution in [2.24, 2.45) is 0 Å². The van der Waals surface area contributed by atoms with Crippen LogP contribution in [0.3, 0.4) is 0 Å². The lowest BCUT2D eigenvalue weighted by Crippen LogP contribution is -2.65. The zero-order valence-corrected chi connectivity index (χ0v) is 14.0. The van der Waals surface area contributed by atoms with Crippen molar-refractivity contribution in [1.29, 1.82) is 0 Å². The molecule has 15 nitrogen and oxygen atoms in total. The van der Waals surface area contributed by atoms with Crippen LogP contribution in [0.1, 0.15) is 0 Å². The van der Waals surface area contributed by atoms with Gasteiger partial charge in [0.1, 0.15) is 36.6 Å². The Labute approximate surface area is 133 Å². The van der Waals surface area contributed by atoms with Gasteiger partial charge in [-0.3, -0.25) is 13.6 Å². The second-order valence-corrected chi connectivity index (χ2v) is 8.23. The molecule has 24 heavy (non-hydrogen) atoms. The molecule has 1 rings (SSSR count). The lowest BCUT2D eigenvalue weighted by molar-refractivity contribution is -0.212. The topological polar surface area (TPSA) is 261 Å². The van der Waals surface area contributed by atoms with Crippen LogP contribution in [-0.2, 0) is 27.3 Å². The number of phosphoric ester groups is 3. The number of aliphatic hydroxyl groups is 3. The van der Waals surface area contributed by atoms with Gasteiger partial charge in [-0.2, -0.15) is 0 Å². The summed E-state index contributed by atoms with van der Waals surface area (Å²) in [5.41, 5.74) is 0. The summed E-state index contributed by atoms with van der Waals surface area (Å²) in [7, 11) is -16.2. The van der Waals surface area contributed by atoms with Gasteiger partial charge in [0.15, 0.2) is 0 Å². The van der Waals surface area contributed by atoms with E-state index in [9.17, 15) is 29.0 Å². The second kappa shape index (κ2) is 7.45. The molecule has 9 N–H and O–H groups in total. The predicted molar refractivity (Wildman–Crippen MR) is 68.8 cm³/mol. The van der Waals surface area contributed by atoms with Crippen LogP contribution in [0.5, 0.6) is 0 Å². The maximum Gasteiger partial charge on any atom is 0.470 e. The van der Waals surface area contributed by atoms with Gasteiger partial charge < -0.3 is 44.7 Å². The average Bonchev–Trinajstić information content (AvgIpc) is 2.32. The number of hydrogen-bond acceptors (Lipinski definition) is 9. The van der Waals surface area contributed by atoms with Crippen molar-refractivity contribution in [2.75, 3.05) is 0 Å². The molecule has 0 aromatic heterocycles. The molecule has 0 spiro atoms. The van der Waals surface area contributed by atoms with E-state index in [0.29, 0.717) is 0 Å². The van der Waals surface area contributed by atoms with Crippen LogP contribution in [-0.4, -0.2) is 81.3 Å². The largest absolute Gasteiger partial charge is 0.470 e. The number of hydrogen-bond donors (Lipinski definition) is 9. The van der Waals surface area contributed by atoms with E-state index in [-0.39, 0.29) is 0 Å². The second-order valence-electron chi connectivity index (χ2n) is 4.65. The third kappa shape index (κ3) is 6.50. The zero-order valence-electron chi connectivity index (χ0n) is 11.3. The van der Waals surface area contributed by atoms with E-state index >= 15 is 0 Å². The monoisotopic (exact) mass is 420 g/mol. The van der Waals surface area contributed by atoms with Crippen molar-refractivity contribution in [3.05, 3.63) is 0 Å². The maximum atomic E-state index is 10.9. The number of aliphatic hydroxyl groups excluding tert-OH is 3.